The largest absolute Gasteiger partial charge is 0.274 e. The Morgan fingerprint density at radius 1 is 1.39 bits per heavy atom. The Balaban J connectivity index is 2.10. The summed E-state index contributed by atoms with van der Waals surface area (Å²) < 4.78 is 24.0. The molecule has 0 saturated carbocycles. The first-order valence-electron chi connectivity index (χ1n) is 6.04. The van der Waals surface area contributed by atoms with Crippen molar-refractivity contribution in [1.82, 2.24) is 4.72 Å². The average molecular weight is 267 g/mol. The molecule has 18 heavy (non-hydrogen) atoms. The summed E-state index contributed by atoms with van der Waals surface area (Å²) in [5.41, 5.74) is 2.47. The van der Waals surface area contributed by atoms with E-state index in [4.69, 9.17) is 0 Å². The highest BCUT2D eigenvalue weighted by Crippen LogP contribution is 2.33. The van der Waals surface area contributed by atoms with Crippen LogP contribution in [0.2, 0.25) is 0 Å². The van der Waals surface area contributed by atoms with Gasteiger partial charge in [-0.1, -0.05) is 24.3 Å². The van der Waals surface area contributed by atoms with E-state index in [1.165, 1.54) is 11.1 Å². The average Bonchev–Trinajstić information content (AvgIpc) is 2.27. The van der Waals surface area contributed by atoms with Gasteiger partial charge in [-0.25, -0.2) is 8.42 Å². The summed E-state index contributed by atoms with van der Waals surface area (Å²) in [5, 5.41) is 0. The second kappa shape index (κ2) is 5.10. The van der Waals surface area contributed by atoms with E-state index in [9.17, 15) is 13.2 Å². The van der Waals surface area contributed by atoms with Crippen LogP contribution in [-0.4, -0.2) is 20.6 Å². The van der Waals surface area contributed by atoms with E-state index in [0.29, 0.717) is 0 Å². The van der Waals surface area contributed by atoms with Crippen LogP contribution in [0.25, 0.3) is 0 Å². The molecule has 0 radical (unpaired) electrons. The number of carbonyl (C=O) groups excluding carboxylic acids is 1. The zero-order valence-electron chi connectivity index (χ0n) is 10.3. The maximum absolute atomic E-state index is 11.6. The molecule has 1 atom stereocenters. The van der Waals surface area contributed by atoms with Crippen LogP contribution >= 0.6 is 0 Å². The molecule has 0 bridgehead atoms. The highest BCUT2D eigenvalue weighted by molar-refractivity contribution is 7.89. The molecule has 1 amide bonds. The van der Waals surface area contributed by atoms with Gasteiger partial charge in [0.2, 0.25) is 15.9 Å². The van der Waals surface area contributed by atoms with Gasteiger partial charge in [-0.05, 0) is 36.3 Å². The number of carbonyl (C=O) groups is 1. The number of rotatable bonds is 3. The quantitative estimate of drug-likeness (QED) is 0.904. The highest BCUT2D eigenvalue weighted by Gasteiger charge is 2.23. The van der Waals surface area contributed by atoms with Crippen LogP contribution in [0.5, 0.6) is 0 Å². The van der Waals surface area contributed by atoms with Crippen molar-refractivity contribution in [1.29, 1.82) is 0 Å². The Bertz CT molecular complexity index is 551. The molecule has 1 aromatic carbocycles. The van der Waals surface area contributed by atoms with Gasteiger partial charge in [0.15, 0.2) is 0 Å². The fourth-order valence-corrected chi connectivity index (χ4v) is 3.04. The maximum atomic E-state index is 11.6. The van der Waals surface area contributed by atoms with Crippen molar-refractivity contribution in [3.63, 3.8) is 0 Å². The molecule has 1 N–H and O–H groups in total. The molecular weight excluding hydrogens is 250 g/mol. The molecule has 0 aromatic heterocycles. The van der Waals surface area contributed by atoms with Gasteiger partial charge < -0.3 is 0 Å². The molecule has 1 aliphatic carbocycles. The number of fused-ring (bicyclic) bond motifs is 1. The lowest BCUT2D eigenvalue weighted by Gasteiger charge is -2.24. The van der Waals surface area contributed by atoms with Crippen LogP contribution < -0.4 is 4.72 Å². The standard InChI is InChI=1S/C13H17NO3S/c1-18(16,17)14-13(15)9-11-7-4-6-10-5-2-3-8-12(10)11/h2-3,5,8,11H,4,6-7,9H2,1H3,(H,14,15). The SMILES string of the molecule is CS(=O)(=O)NC(=O)CC1CCCc2ccccc21. The molecule has 0 aliphatic heterocycles. The Morgan fingerprint density at radius 3 is 2.83 bits per heavy atom. The van der Waals surface area contributed by atoms with E-state index in [-0.39, 0.29) is 12.3 Å². The molecule has 4 nitrogen and oxygen atoms in total. The van der Waals surface area contributed by atoms with Gasteiger partial charge in [0.05, 0.1) is 6.26 Å². The van der Waals surface area contributed by atoms with Crippen molar-refractivity contribution < 1.29 is 13.2 Å². The fourth-order valence-electron chi connectivity index (χ4n) is 2.54. The summed E-state index contributed by atoms with van der Waals surface area (Å²) in [6.45, 7) is 0. The number of benzene rings is 1. The van der Waals surface area contributed by atoms with Gasteiger partial charge in [0.1, 0.15) is 0 Å². The molecule has 1 aromatic rings. The number of hydrogen-bond acceptors (Lipinski definition) is 3. The van der Waals surface area contributed by atoms with E-state index in [1.54, 1.807) is 0 Å². The fraction of sp³-hybridized carbons (Fsp3) is 0.462. The molecular formula is C13H17NO3S. The van der Waals surface area contributed by atoms with Crippen LogP contribution in [0.3, 0.4) is 0 Å². The topological polar surface area (TPSA) is 63.2 Å². The minimum atomic E-state index is -3.45. The summed E-state index contributed by atoms with van der Waals surface area (Å²) in [4.78, 5) is 11.6. The molecule has 0 saturated heterocycles. The molecule has 1 aliphatic rings. The van der Waals surface area contributed by atoms with E-state index in [1.807, 2.05) is 22.9 Å². The Hall–Kier alpha value is -1.36. The zero-order chi connectivity index (χ0) is 13.2. The van der Waals surface area contributed by atoms with E-state index in [0.717, 1.165) is 25.5 Å². The van der Waals surface area contributed by atoms with Crippen LogP contribution in [0.1, 0.15) is 36.3 Å². The second-order valence-electron chi connectivity index (χ2n) is 4.79. The van der Waals surface area contributed by atoms with Gasteiger partial charge in [-0.2, -0.15) is 0 Å². The number of hydrogen-bond donors (Lipinski definition) is 1. The van der Waals surface area contributed by atoms with Crippen molar-refractivity contribution in [2.45, 2.75) is 31.6 Å². The van der Waals surface area contributed by atoms with Gasteiger partial charge in [-0.3, -0.25) is 9.52 Å². The minimum absolute atomic E-state index is 0.136. The number of amides is 1. The van der Waals surface area contributed by atoms with Crippen LogP contribution in [-0.2, 0) is 21.2 Å². The maximum Gasteiger partial charge on any atom is 0.234 e. The number of sulfonamides is 1. The minimum Gasteiger partial charge on any atom is -0.274 e. The summed E-state index contributed by atoms with van der Waals surface area (Å²) in [5.74, 6) is -0.282. The number of aryl methyl sites for hydroxylation is 1. The molecule has 1 unspecified atom stereocenters. The van der Waals surface area contributed by atoms with Crippen LogP contribution in [0.15, 0.2) is 24.3 Å². The van der Waals surface area contributed by atoms with Gasteiger partial charge >= 0.3 is 0 Å². The Morgan fingerprint density at radius 2 is 2.11 bits per heavy atom. The van der Waals surface area contributed by atoms with Gasteiger partial charge in [0.25, 0.3) is 0 Å². The zero-order valence-corrected chi connectivity index (χ0v) is 11.2. The predicted molar refractivity (Wildman–Crippen MR) is 69.7 cm³/mol. The molecule has 5 heteroatoms. The third-order valence-electron chi connectivity index (χ3n) is 3.22. The normalized spacial score (nSPS) is 19.1. The first-order chi connectivity index (χ1) is 8.46. The second-order valence-corrected chi connectivity index (χ2v) is 6.54. The first-order valence-corrected chi connectivity index (χ1v) is 7.93. The lowest BCUT2D eigenvalue weighted by atomic mass is 9.81. The van der Waals surface area contributed by atoms with E-state index in [2.05, 4.69) is 6.07 Å². The summed E-state index contributed by atoms with van der Waals surface area (Å²) in [7, 11) is -3.45. The summed E-state index contributed by atoms with van der Waals surface area (Å²) in [6, 6.07) is 8.08. The van der Waals surface area contributed by atoms with E-state index < -0.39 is 15.9 Å². The Kier molecular flexibility index (Phi) is 3.71. The predicted octanol–water partition coefficient (Wildman–Crippen LogP) is 1.57. The van der Waals surface area contributed by atoms with Gasteiger partial charge in [0, 0.05) is 6.42 Å². The summed E-state index contributed by atoms with van der Waals surface area (Å²) >= 11 is 0. The first kappa shape index (κ1) is 13.1. The third kappa shape index (κ3) is 3.32. The van der Waals surface area contributed by atoms with Crippen molar-refractivity contribution in [3.05, 3.63) is 35.4 Å². The smallest absolute Gasteiger partial charge is 0.234 e. The molecule has 0 fully saturated rings. The molecule has 98 valence electrons. The van der Waals surface area contributed by atoms with Crippen molar-refractivity contribution in [2.24, 2.45) is 0 Å². The monoisotopic (exact) mass is 267 g/mol. The third-order valence-corrected chi connectivity index (χ3v) is 3.82. The Labute approximate surface area is 107 Å². The lowest BCUT2D eigenvalue weighted by molar-refractivity contribution is -0.119. The highest BCUT2D eigenvalue weighted by atomic mass is 32.2. The van der Waals surface area contributed by atoms with Crippen molar-refractivity contribution in [2.75, 3.05) is 6.26 Å². The van der Waals surface area contributed by atoms with Crippen LogP contribution in [0, 0.1) is 0 Å². The summed E-state index contributed by atoms with van der Waals surface area (Å²) in [6.07, 6.45) is 4.27. The molecule has 0 heterocycles. The lowest BCUT2D eigenvalue weighted by Crippen LogP contribution is -2.31. The van der Waals surface area contributed by atoms with Crippen molar-refractivity contribution in [3.8, 4) is 0 Å². The number of nitrogens with one attached hydrogen (secondary N) is 1. The molecule has 2 rings (SSSR count). The van der Waals surface area contributed by atoms with Gasteiger partial charge in [-0.15, -0.1) is 0 Å². The molecule has 0 spiro atoms. The van der Waals surface area contributed by atoms with Crippen molar-refractivity contribution >= 4 is 15.9 Å². The van der Waals surface area contributed by atoms with Crippen LogP contribution in [0.4, 0.5) is 0 Å². The van der Waals surface area contributed by atoms with E-state index >= 15 is 0 Å².